The molecule has 0 aliphatic heterocycles. The molecule has 1 atom stereocenters. The summed E-state index contributed by atoms with van der Waals surface area (Å²) in [5.74, 6) is 0. The van der Waals surface area contributed by atoms with E-state index in [2.05, 4.69) is 47.6 Å². The number of nitrogens with one attached hydrogen (secondary N) is 1. The lowest BCUT2D eigenvalue weighted by Gasteiger charge is -2.15. The summed E-state index contributed by atoms with van der Waals surface area (Å²) in [5, 5.41) is 5.48. The molecule has 0 aliphatic carbocycles. The Bertz CT molecular complexity index is 750. The molecule has 2 aromatic carbocycles. The van der Waals surface area contributed by atoms with E-state index >= 15 is 0 Å². The van der Waals surface area contributed by atoms with Gasteiger partial charge in [-0.1, -0.05) is 48.0 Å². The van der Waals surface area contributed by atoms with E-state index in [1.165, 1.54) is 16.5 Å². The zero-order valence-corrected chi connectivity index (χ0v) is 12.6. The zero-order chi connectivity index (χ0) is 14.7. The van der Waals surface area contributed by atoms with E-state index < -0.39 is 0 Å². The standard InChI is InChI=1S/C18H17ClN2/c1-13(15-6-3-9-17(19)11-15)21-12-16-7-2-5-14-8-4-10-20-18(14)16/h2-11,13,21H,12H2,1H3. The Morgan fingerprint density at radius 2 is 1.90 bits per heavy atom. The molecule has 0 amide bonds. The third-order valence-corrected chi connectivity index (χ3v) is 3.90. The second-order valence-electron chi connectivity index (χ2n) is 5.15. The number of hydrogen-bond acceptors (Lipinski definition) is 2. The van der Waals surface area contributed by atoms with Gasteiger partial charge in [-0.2, -0.15) is 0 Å². The number of para-hydroxylation sites is 1. The molecule has 0 radical (unpaired) electrons. The summed E-state index contributed by atoms with van der Waals surface area (Å²) in [6.45, 7) is 2.92. The second-order valence-corrected chi connectivity index (χ2v) is 5.59. The Hall–Kier alpha value is -1.90. The van der Waals surface area contributed by atoms with Gasteiger partial charge in [0.05, 0.1) is 5.52 Å². The van der Waals surface area contributed by atoms with Crippen LogP contribution in [0.25, 0.3) is 10.9 Å². The van der Waals surface area contributed by atoms with E-state index in [-0.39, 0.29) is 6.04 Å². The molecule has 106 valence electrons. The first-order chi connectivity index (χ1) is 10.2. The van der Waals surface area contributed by atoms with Crippen molar-refractivity contribution in [3.8, 4) is 0 Å². The Balaban J connectivity index is 1.77. The number of pyridine rings is 1. The molecule has 0 bridgehead atoms. The fourth-order valence-corrected chi connectivity index (χ4v) is 2.67. The largest absolute Gasteiger partial charge is 0.306 e. The molecule has 0 spiro atoms. The maximum absolute atomic E-state index is 6.05. The van der Waals surface area contributed by atoms with Gasteiger partial charge in [0, 0.05) is 29.2 Å². The third-order valence-electron chi connectivity index (χ3n) is 3.66. The lowest BCUT2D eigenvalue weighted by atomic mass is 10.1. The molecule has 0 fully saturated rings. The Morgan fingerprint density at radius 1 is 1.10 bits per heavy atom. The van der Waals surface area contributed by atoms with Gasteiger partial charge in [0.1, 0.15) is 0 Å². The molecule has 21 heavy (non-hydrogen) atoms. The minimum Gasteiger partial charge on any atom is -0.306 e. The molecular weight excluding hydrogens is 280 g/mol. The lowest BCUT2D eigenvalue weighted by Crippen LogP contribution is -2.18. The highest BCUT2D eigenvalue weighted by Crippen LogP contribution is 2.20. The van der Waals surface area contributed by atoms with Crippen molar-refractivity contribution in [3.63, 3.8) is 0 Å². The molecule has 0 saturated heterocycles. The predicted octanol–water partition coefficient (Wildman–Crippen LogP) is 4.74. The summed E-state index contributed by atoms with van der Waals surface area (Å²) < 4.78 is 0. The smallest absolute Gasteiger partial charge is 0.0746 e. The predicted molar refractivity (Wildman–Crippen MR) is 88.4 cm³/mol. The SMILES string of the molecule is CC(NCc1cccc2cccnc12)c1cccc(Cl)c1. The van der Waals surface area contributed by atoms with Gasteiger partial charge in [-0.05, 0) is 36.2 Å². The van der Waals surface area contributed by atoms with E-state index in [0.29, 0.717) is 0 Å². The minimum absolute atomic E-state index is 0.239. The molecule has 0 aliphatic rings. The lowest BCUT2D eigenvalue weighted by molar-refractivity contribution is 0.576. The van der Waals surface area contributed by atoms with Crippen molar-refractivity contribution >= 4 is 22.5 Å². The van der Waals surface area contributed by atoms with Crippen molar-refractivity contribution in [1.29, 1.82) is 0 Å². The number of hydrogen-bond donors (Lipinski definition) is 1. The monoisotopic (exact) mass is 296 g/mol. The Morgan fingerprint density at radius 3 is 2.76 bits per heavy atom. The van der Waals surface area contributed by atoms with Gasteiger partial charge in [-0.25, -0.2) is 0 Å². The summed E-state index contributed by atoms with van der Waals surface area (Å²) in [6, 6.07) is 18.5. The van der Waals surface area contributed by atoms with Crippen LogP contribution in [0.3, 0.4) is 0 Å². The summed E-state index contributed by atoms with van der Waals surface area (Å²) in [6.07, 6.45) is 1.84. The van der Waals surface area contributed by atoms with Gasteiger partial charge < -0.3 is 5.32 Å². The van der Waals surface area contributed by atoms with Gasteiger partial charge in [0.15, 0.2) is 0 Å². The maximum atomic E-state index is 6.05. The summed E-state index contributed by atoms with van der Waals surface area (Å²) >= 11 is 6.05. The molecular formula is C18H17ClN2. The van der Waals surface area contributed by atoms with Gasteiger partial charge in [0.2, 0.25) is 0 Å². The van der Waals surface area contributed by atoms with Crippen LogP contribution in [-0.4, -0.2) is 4.98 Å². The number of rotatable bonds is 4. The molecule has 2 nitrogen and oxygen atoms in total. The van der Waals surface area contributed by atoms with Crippen LogP contribution in [0, 0.1) is 0 Å². The third kappa shape index (κ3) is 3.23. The van der Waals surface area contributed by atoms with Gasteiger partial charge in [-0.3, -0.25) is 4.98 Å². The number of fused-ring (bicyclic) bond motifs is 1. The first-order valence-corrected chi connectivity index (χ1v) is 7.43. The maximum Gasteiger partial charge on any atom is 0.0746 e. The van der Waals surface area contributed by atoms with Crippen LogP contribution in [0.2, 0.25) is 5.02 Å². The van der Waals surface area contributed by atoms with Crippen LogP contribution < -0.4 is 5.32 Å². The second kappa shape index (κ2) is 6.25. The van der Waals surface area contributed by atoms with E-state index in [4.69, 9.17) is 11.6 Å². The van der Waals surface area contributed by atoms with Gasteiger partial charge in [-0.15, -0.1) is 0 Å². The number of aromatic nitrogens is 1. The summed E-state index contributed by atoms with van der Waals surface area (Å²) in [4.78, 5) is 4.48. The van der Waals surface area contributed by atoms with Crippen molar-refractivity contribution in [2.75, 3.05) is 0 Å². The highest BCUT2D eigenvalue weighted by atomic mass is 35.5. The first-order valence-electron chi connectivity index (χ1n) is 7.05. The van der Waals surface area contributed by atoms with Crippen LogP contribution in [0.1, 0.15) is 24.1 Å². The topological polar surface area (TPSA) is 24.9 Å². The van der Waals surface area contributed by atoms with Crippen LogP contribution >= 0.6 is 11.6 Å². The molecule has 3 aromatic rings. The van der Waals surface area contributed by atoms with Gasteiger partial charge >= 0.3 is 0 Å². The Kier molecular flexibility index (Phi) is 4.18. The highest BCUT2D eigenvalue weighted by Gasteiger charge is 2.07. The van der Waals surface area contributed by atoms with Crippen LogP contribution in [0.15, 0.2) is 60.8 Å². The molecule has 1 aromatic heterocycles. The average Bonchev–Trinajstić information content (AvgIpc) is 2.52. The van der Waals surface area contributed by atoms with Crippen molar-refractivity contribution in [2.24, 2.45) is 0 Å². The summed E-state index contributed by atoms with van der Waals surface area (Å²) in [7, 11) is 0. The fourth-order valence-electron chi connectivity index (χ4n) is 2.47. The molecule has 1 unspecified atom stereocenters. The quantitative estimate of drug-likeness (QED) is 0.752. The number of halogens is 1. The van der Waals surface area contributed by atoms with E-state index in [9.17, 15) is 0 Å². The number of benzene rings is 2. The first kappa shape index (κ1) is 14.1. The Labute approximate surface area is 129 Å². The zero-order valence-electron chi connectivity index (χ0n) is 11.9. The van der Waals surface area contributed by atoms with Crippen molar-refractivity contribution in [3.05, 3.63) is 76.9 Å². The average molecular weight is 297 g/mol. The normalized spacial score (nSPS) is 12.5. The minimum atomic E-state index is 0.239. The molecule has 3 rings (SSSR count). The van der Waals surface area contributed by atoms with E-state index in [1.807, 2.05) is 30.5 Å². The van der Waals surface area contributed by atoms with Crippen LogP contribution in [0.4, 0.5) is 0 Å². The molecule has 0 saturated carbocycles. The van der Waals surface area contributed by atoms with Crippen molar-refractivity contribution in [2.45, 2.75) is 19.5 Å². The summed E-state index contributed by atoms with van der Waals surface area (Å²) in [5.41, 5.74) is 3.46. The molecule has 1 heterocycles. The van der Waals surface area contributed by atoms with Crippen LogP contribution in [-0.2, 0) is 6.54 Å². The molecule has 3 heteroatoms. The molecule has 1 N–H and O–H groups in total. The number of nitrogens with zero attached hydrogens (tertiary/aromatic N) is 1. The fraction of sp³-hybridized carbons (Fsp3) is 0.167. The van der Waals surface area contributed by atoms with Crippen LogP contribution in [0.5, 0.6) is 0 Å². The highest BCUT2D eigenvalue weighted by molar-refractivity contribution is 6.30. The van der Waals surface area contributed by atoms with E-state index in [0.717, 1.165) is 17.1 Å². The van der Waals surface area contributed by atoms with Crippen molar-refractivity contribution < 1.29 is 0 Å². The van der Waals surface area contributed by atoms with Crippen molar-refractivity contribution in [1.82, 2.24) is 10.3 Å². The van der Waals surface area contributed by atoms with E-state index in [1.54, 1.807) is 0 Å². The van der Waals surface area contributed by atoms with Gasteiger partial charge in [0.25, 0.3) is 0 Å².